The number of hydrogen-bond acceptors (Lipinski definition) is 5. The topological polar surface area (TPSA) is 83.8 Å². The zero-order valence-electron chi connectivity index (χ0n) is 13.3. The summed E-state index contributed by atoms with van der Waals surface area (Å²) in [5.74, 6) is -0.364. The molecule has 7 nitrogen and oxygen atoms in total. The molecule has 0 aliphatic carbocycles. The largest absolute Gasteiger partial charge is 0.325 e. The third kappa shape index (κ3) is 2.42. The van der Waals surface area contributed by atoms with Crippen LogP contribution >= 0.6 is 11.3 Å². The van der Waals surface area contributed by atoms with Gasteiger partial charge in [0, 0.05) is 17.6 Å². The molecular formula is C17H14N4O3S. The van der Waals surface area contributed by atoms with E-state index in [0.717, 1.165) is 4.90 Å². The number of urea groups is 1. The molecule has 25 heavy (non-hydrogen) atoms. The fraction of sp³-hybridized carbons (Fsp3) is 0.176. The van der Waals surface area contributed by atoms with Crippen LogP contribution in [0.2, 0.25) is 0 Å². The number of rotatable bonds is 3. The standard InChI is InChI=1S/C17H14N4O3S/c1-17(11-5-3-2-4-6-11)14(23)21(15(24)19-17)10-12-9-13(22)20-7-8-25-16(20)18-12/h2-9H,10H2,1H3,(H,19,24)/t17-/m1/s1. The first-order chi connectivity index (χ1) is 12.0. The third-order valence-electron chi connectivity index (χ3n) is 4.30. The minimum absolute atomic E-state index is 0.0449. The number of fused-ring (bicyclic) bond motifs is 1. The number of imide groups is 1. The Kier molecular flexibility index (Phi) is 3.43. The lowest BCUT2D eigenvalue weighted by atomic mass is 9.92. The number of amides is 3. The van der Waals surface area contributed by atoms with Gasteiger partial charge in [0.05, 0.1) is 12.2 Å². The maximum Gasteiger partial charge on any atom is 0.325 e. The van der Waals surface area contributed by atoms with Gasteiger partial charge in [0.1, 0.15) is 5.54 Å². The molecule has 3 heterocycles. The van der Waals surface area contributed by atoms with Gasteiger partial charge in [-0.15, -0.1) is 11.3 Å². The summed E-state index contributed by atoms with van der Waals surface area (Å²) in [4.78, 5) is 43.3. The van der Waals surface area contributed by atoms with Crippen LogP contribution in [0, 0.1) is 0 Å². The van der Waals surface area contributed by atoms with Crippen LogP contribution in [0.5, 0.6) is 0 Å². The molecule has 126 valence electrons. The fourth-order valence-electron chi connectivity index (χ4n) is 2.94. The van der Waals surface area contributed by atoms with Crippen LogP contribution in [0.25, 0.3) is 4.96 Å². The SMILES string of the molecule is C[C@]1(c2ccccc2)NC(=O)N(Cc2cc(=O)n3ccsc3n2)C1=O. The van der Waals surface area contributed by atoms with Crippen molar-refractivity contribution in [1.82, 2.24) is 19.6 Å². The number of carbonyl (C=O) groups excluding carboxylic acids is 2. The average Bonchev–Trinajstić information content (AvgIpc) is 3.16. The van der Waals surface area contributed by atoms with Gasteiger partial charge in [-0.25, -0.2) is 9.78 Å². The number of benzene rings is 1. The molecule has 4 rings (SSSR count). The average molecular weight is 354 g/mol. The van der Waals surface area contributed by atoms with Crippen molar-refractivity contribution in [3.8, 4) is 0 Å². The quantitative estimate of drug-likeness (QED) is 0.726. The van der Waals surface area contributed by atoms with E-state index in [-0.39, 0.29) is 18.0 Å². The molecule has 1 aliphatic heterocycles. The molecule has 1 saturated heterocycles. The first-order valence-electron chi connectivity index (χ1n) is 7.64. The number of thiazole rings is 1. The second-order valence-electron chi connectivity index (χ2n) is 5.95. The van der Waals surface area contributed by atoms with Crippen molar-refractivity contribution in [3.05, 3.63) is 69.6 Å². The van der Waals surface area contributed by atoms with Crippen molar-refractivity contribution in [1.29, 1.82) is 0 Å². The van der Waals surface area contributed by atoms with E-state index in [9.17, 15) is 14.4 Å². The monoisotopic (exact) mass is 354 g/mol. The van der Waals surface area contributed by atoms with Crippen LogP contribution < -0.4 is 10.9 Å². The number of aromatic nitrogens is 2. The molecule has 1 aliphatic rings. The molecule has 1 atom stereocenters. The molecule has 3 amide bonds. The molecule has 2 aromatic heterocycles. The first kappa shape index (κ1) is 15.5. The van der Waals surface area contributed by atoms with Crippen molar-refractivity contribution >= 4 is 28.2 Å². The predicted molar refractivity (Wildman–Crippen MR) is 92.2 cm³/mol. The van der Waals surface area contributed by atoms with Gasteiger partial charge in [-0.3, -0.25) is 18.9 Å². The highest BCUT2D eigenvalue weighted by molar-refractivity contribution is 7.15. The van der Waals surface area contributed by atoms with E-state index in [2.05, 4.69) is 10.3 Å². The van der Waals surface area contributed by atoms with Crippen LogP contribution in [-0.4, -0.2) is 26.2 Å². The first-order valence-corrected chi connectivity index (χ1v) is 8.52. The molecular weight excluding hydrogens is 340 g/mol. The van der Waals surface area contributed by atoms with Crippen LogP contribution in [0.15, 0.2) is 52.8 Å². The smallest absolute Gasteiger partial charge is 0.319 e. The Morgan fingerprint density at radius 3 is 2.72 bits per heavy atom. The van der Waals surface area contributed by atoms with Crippen LogP contribution in [0.4, 0.5) is 4.79 Å². The maximum atomic E-state index is 12.9. The summed E-state index contributed by atoms with van der Waals surface area (Å²) in [6, 6.07) is 9.92. The fourth-order valence-corrected chi connectivity index (χ4v) is 3.68. The highest BCUT2D eigenvalue weighted by Gasteiger charge is 2.48. The van der Waals surface area contributed by atoms with E-state index in [1.165, 1.54) is 21.8 Å². The molecule has 1 fully saturated rings. The minimum atomic E-state index is -1.12. The van der Waals surface area contributed by atoms with Crippen LogP contribution in [0.3, 0.4) is 0 Å². The zero-order chi connectivity index (χ0) is 17.6. The summed E-state index contributed by atoms with van der Waals surface area (Å²) in [6.45, 7) is 1.63. The third-order valence-corrected chi connectivity index (χ3v) is 5.06. The van der Waals surface area contributed by atoms with Crippen LogP contribution in [0.1, 0.15) is 18.2 Å². The molecule has 3 aromatic rings. The highest BCUT2D eigenvalue weighted by atomic mass is 32.1. The Labute approximate surface area is 146 Å². The van der Waals surface area contributed by atoms with Gasteiger partial charge in [0.2, 0.25) is 0 Å². The maximum absolute atomic E-state index is 12.9. The Morgan fingerprint density at radius 1 is 1.20 bits per heavy atom. The summed E-state index contributed by atoms with van der Waals surface area (Å²) < 4.78 is 1.42. The van der Waals surface area contributed by atoms with Crippen LogP contribution in [-0.2, 0) is 16.9 Å². The van der Waals surface area contributed by atoms with Crippen molar-refractivity contribution < 1.29 is 9.59 Å². The number of carbonyl (C=O) groups is 2. The number of nitrogens with one attached hydrogen (secondary N) is 1. The van der Waals surface area contributed by atoms with E-state index >= 15 is 0 Å². The van der Waals surface area contributed by atoms with Gasteiger partial charge in [-0.1, -0.05) is 30.3 Å². The normalized spacial score (nSPS) is 20.3. The Balaban J connectivity index is 1.67. The lowest BCUT2D eigenvalue weighted by molar-refractivity contribution is -0.131. The van der Waals surface area contributed by atoms with E-state index in [0.29, 0.717) is 16.2 Å². The van der Waals surface area contributed by atoms with Crippen molar-refractivity contribution in [2.75, 3.05) is 0 Å². The Hall–Kier alpha value is -3.00. The summed E-state index contributed by atoms with van der Waals surface area (Å²) in [5.41, 5.74) is -0.273. The molecule has 0 bridgehead atoms. The lowest BCUT2D eigenvalue weighted by Crippen LogP contribution is -2.40. The Morgan fingerprint density at radius 2 is 1.96 bits per heavy atom. The van der Waals surface area contributed by atoms with E-state index < -0.39 is 11.6 Å². The van der Waals surface area contributed by atoms with Gasteiger partial charge in [-0.05, 0) is 12.5 Å². The second kappa shape index (κ2) is 5.52. The second-order valence-corrected chi connectivity index (χ2v) is 6.83. The molecule has 0 unspecified atom stereocenters. The van der Waals surface area contributed by atoms with Gasteiger partial charge in [0.15, 0.2) is 4.96 Å². The van der Waals surface area contributed by atoms with Gasteiger partial charge >= 0.3 is 6.03 Å². The van der Waals surface area contributed by atoms with Gasteiger partial charge in [-0.2, -0.15) is 0 Å². The highest BCUT2D eigenvalue weighted by Crippen LogP contribution is 2.29. The van der Waals surface area contributed by atoms with E-state index in [1.54, 1.807) is 30.6 Å². The summed E-state index contributed by atoms with van der Waals surface area (Å²) in [7, 11) is 0. The molecule has 1 N–H and O–H groups in total. The Bertz CT molecular complexity index is 1040. The zero-order valence-corrected chi connectivity index (χ0v) is 14.1. The molecule has 0 saturated carbocycles. The summed E-state index contributed by atoms with van der Waals surface area (Å²) in [5, 5.41) is 4.50. The predicted octanol–water partition coefficient (Wildman–Crippen LogP) is 1.72. The van der Waals surface area contributed by atoms with Crippen molar-refractivity contribution in [2.45, 2.75) is 19.0 Å². The number of hydrogen-bond donors (Lipinski definition) is 1. The van der Waals surface area contributed by atoms with Gasteiger partial charge < -0.3 is 5.32 Å². The minimum Gasteiger partial charge on any atom is -0.319 e. The molecule has 8 heteroatoms. The van der Waals surface area contributed by atoms with Gasteiger partial charge in [0.25, 0.3) is 11.5 Å². The molecule has 1 aromatic carbocycles. The molecule has 0 radical (unpaired) electrons. The molecule has 0 spiro atoms. The van der Waals surface area contributed by atoms with E-state index in [4.69, 9.17) is 0 Å². The van der Waals surface area contributed by atoms with Crippen molar-refractivity contribution in [2.24, 2.45) is 0 Å². The summed E-state index contributed by atoms with van der Waals surface area (Å²) >= 11 is 1.32. The lowest BCUT2D eigenvalue weighted by Gasteiger charge is -2.22. The van der Waals surface area contributed by atoms with Crippen molar-refractivity contribution in [3.63, 3.8) is 0 Å². The number of nitrogens with zero attached hydrogens (tertiary/aromatic N) is 3. The van der Waals surface area contributed by atoms with E-state index in [1.807, 2.05) is 18.2 Å². The summed E-state index contributed by atoms with van der Waals surface area (Å²) in [6.07, 6.45) is 1.64.